The Morgan fingerprint density at radius 2 is 2.16 bits per heavy atom. The molecule has 3 rings (SSSR count). The van der Waals surface area contributed by atoms with Gasteiger partial charge in [0.05, 0.1) is 12.5 Å². The van der Waals surface area contributed by atoms with Crippen LogP contribution in [0.1, 0.15) is 18.7 Å². The van der Waals surface area contributed by atoms with Gasteiger partial charge in [-0.3, -0.25) is 0 Å². The van der Waals surface area contributed by atoms with Crippen molar-refractivity contribution < 1.29 is 13.9 Å². The summed E-state index contributed by atoms with van der Waals surface area (Å²) in [6.45, 7) is 1.92. The summed E-state index contributed by atoms with van der Waals surface area (Å²) in [4.78, 5) is 4.62. The van der Waals surface area contributed by atoms with E-state index in [1.165, 1.54) is 0 Å². The van der Waals surface area contributed by atoms with Crippen LogP contribution in [0.25, 0.3) is 11.1 Å². The first-order valence-corrected chi connectivity index (χ1v) is 6.51. The topological polar surface area (TPSA) is 70.5 Å². The van der Waals surface area contributed by atoms with Gasteiger partial charge in [0.25, 0.3) is 0 Å². The number of hydrogen-bond acceptors (Lipinski definition) is 5. The molecule has 5 heteroatoms. The standard InChI is InChI=1S/C14H18N2O3/c1-17-10-3-2-4-11-12(10)16-13(19-11)14(9-15)5-7-18-8-6-14/h2-4H,5-9,15H2,1H3. The summed E-state index contributed by atoms with van der Waals surface area (Å²) in [5.74, 6) is 1.43. The second-order valence-electron chi connectivity index (χ2n) is 4.92. The number of benzene rings is 1. The third kappa shape index (κ3) is 1.99. The number of nitrogens with zero attached hydrogens (tertiary/aromatic N) is 1. The van der Waals surface area contributed by atoms with Crippen LogP contribution >= 0.6 is 0 Å². The highest BCUT2D eigenvalue weighted by Gasteiger charge is 2.38. The monoisotopic (exact) mass is 262 g/mol. The van der Waals surface area contributed by atoms with Crippen LogP contribution < -0.4 is 10.5 Å². The summed E-state index contributed by atoms with van der Waals surface area (Å²) in [5.41, 5.74) is 7.28. The Labute approximate surface area is 111 Å². The molecular formula is C14H18N2O3. The molecule has 0 saturated carbocycles. The minimum Gasteiger partial charge on any atom is -0.494 e. The number of para-hydroxylation sites is 1. The summed E-state index contributed by atoms with van der Waals surface area (Å²) >= 11 is 0. The molecule has 102 valence electrons. The average molecular weight is 262 g/mol. The van der Waals surface area contributed by atoms with Crippen LogP contribution in [0.3, 0.4) is 0 Å². The van der Waals surface area contributed by atoms with Gasteiger partial charge in [-0.2, -0.15) is 0 Å². The second-order valence-corrected chi connectivity index (χ2v) is 4.92. The van der Waals surface area contributed by atoms with E-state index in [4.69, 9.17) is 19.6 Å². The van der Waals surface area contributed by atoms with Gasteiger partial charge in [0.15, 0.2) is 11.1 Å². The van der Waals surface area contributed by atoms with Crippen LogP contribution in [-0.2, 0) is 10.2 Å². The number of nitrogens with two attached hydrogens (primary N) is 1. The number of hydrogen-bond donors (Lipinski definition) is 1. The van der Waals surface area contributed by atoms with Crippen LogP contribution in [0.4, 0.5) is 0 Å². The molecule has 5 nitrogen and oxygen atoms in total. The lowest BCUT2D eigenvalue weighted by molar-refractivity contribution is 0.0438. The molecule has 0 atom stereocenters. The Morgan fingerprint density at radius 3 is 2.84 bits per heavy atom. The maximum absolute atomic E-state index is 5.98. The van der Waals surface area contributed by atoms with Gasteiger partial charge in [-0.15, -0.1) is 0 Å². The lowest BCUT2D eigenvalue weighted by atomic mass is 9.80. The van der Waals surface area contributed by atoms with Crippen molar-refractivity contribution in [1.82, 2.24) is 4.98 Å². The summed E-state index contributed by atoms with van der Waals surface area (Å²) in [6, 6.07) is 5.68. The summed E-state index contributed by atoms with van der Waals surface area (Å²) < 4.78 is 16.7. The first-order chi connectivity index (χ1) is 9.29. The maximum atomic E-state index is 5.98. The number of methoxy groups -OCH3 is 1. The highest BCUT2D eigenvalue weighted by Crippen LogP contribution is 2.36. The van der Waals surface area contributed by atoms with Crippen molar-refractivity contribution in [2.75, 3.05) is 26.9 Å². The Kier molecular flexibility index (Phi) is 3.16. The van der Waals surface area contributed by atoms with E-state index in [9.17, 15) is 0 Å². The predicted molar refractivity (Wildman–Crippen MR) is 71.3 cm³/mol. The van der Waals surface area contributed by atoms with Crippen molar-refractivity contribution in [2.24, 2.45) is 5.73 Å². The summed E-state index contributed by atoms with van der Waals surface area (Å²) in [6.07, 6.45) is 1.69. The molecule has 0 unspecified atom stereocenters. The molecule has 2 N–H and O–H groups in total. The van der Waals surface area contributed by atoms with Crippen molar-refractivity contribution >= 4 is 11.1 Å². The number of oxazole rings is 1. The van der Waals surface area contributed by atoms with Crippen molar-refractivity contribution in [3.8, 4) is 5.75 Å². The molecule has 0 aliphatic carbocycles. The van der Waals surface area contributed by atoms with Gasteiger partial charge < -0.3 is 19.6 Å². The van der Waals surface area contributed by atoms with Crippen LogP contribution in [0.5, 0.6) is 5.75 Å². The van der Waals surface area contributed by atoms with E-state index in [1.54, 1.807) is 7.11 Å². The Hall–Kier alpha value is -1.59. The molecular weight excluding hydrogens is 244 g/mol. The van der Waals surface area contributed by atoms with Gasteiger partial charge >= 0.3 is 0 Å². The van der Waals surface area contributed by atoms with Crippen molar-refractivity contribution in [1.29, 1.82) is 0 Å². The second kappa shape index (κ2) is 4.83. The van der Waals surface area contributed by atoms with Gasteiger partial charge in [-0.05, 0) is 25.0 Å². The third-order valence-electron chi connectivity index (χ3n) is 3.90. The molecule has 0 radical (unpaired) electrons. The first-order valence-electron chi connectivity index (χ1n) is 6.51. The molecule has 1 aliphatic rings. The van der Waals surface area contributed by atoms with Crippen LogP contribution in [-0.4, -0.2) is 31.9 Å². The molecule has 1 fully saturated rings. The van der Waals surface area contributed by atoms with E-state index in [1.807, 2.05) is 18.2 Å². The van der Waals surface area contributed by atoms with E-state index in [0.29, 0.717) is 25.6 Å². The van der Waals surface area contributed by atoms with Crippen molar-refractivity contribution in [3.05, 3.63) is 24.1 Å². The van der Waals surface area contributed by atoms with E-state index in [0.717, 1.165) is 29.7 Å². The molecule has 19 heavy (non-hydrogen) atoms. The molecule has 1 aromatic heterocycles. The van der Waals surface area contributed by atoms with E-state index >= 15 is 0 Å². The highest BCUT2D eigenvalue weighted by molar-refractivity contribution is 5.79. The van der Waals surface area contributed by atoms with E-state index < -0.39 is 0 Å². The summed E-state index contributed by atoms with van der Waals surface area (Å²) in [7, 11) is 1.64. The van der Waals surface area contributed by atoms with Crippen LogP contribution in [0.2, 0.25) is 0 Å². The fourth-order valence-electron chi connectivity index (χ4n) is 2.58. The number of aromatic nitrogens is 1. The Morgan fingerprint density at radius 1 is 1.37 bits per heavy atom. The normalized spacial score (nSPS) is 18.6. The third-order valence-corrected chi connectivity index (χ3v) is 3.90. The molecule has 0 spiro atoms. The lowest BCUT2D eigenvalue weighted by Crippen LogP contribution is -2.40. The van der Waals surface area contributed by atoms with Gasteiger partial charge in [-0.25, -0.2) is 4.98 Å². The largest absolute Gasteiger partial charge is 0.494 e. The van der Waals surface area contributed by atoms with Crippen LogP contribution in [0, 0.1) is 0 Å². The highest BCUT2D eigenvalue weighted by atomic mass is 16.5. The average Bonchev–Trinajstić information content (AvgIpc) is 2.92. The first kappa shape index (κ1) is 12.4. The van der Waals surface area contributed by atoms with Gasteiger partial charge in [0, 0.05) is 19.8 Å². The smallest absolute Gasteiger partial charge is 0.203 e. The molecule has 2 aromatic rings. The summed E-state index contributed by atoms with van der Waals surface area (Å²) in [5, 5.41) is 0. The van der Waals surface area contributed by atoms with E-state index in [-0.39, 0.29) is 5.41 Å². The molecule has 2 heterocycles. The maximum Gasteiger partial charge on any atom is 0.203 e. The zero-order valence-electron chi connectivity index (χ0n) is 11.0. The molecule has 1 aliphatic heterocycles. The minimum atomic E-state index is -0.206. The Bertz CT molecular complexity index is 573. The Balaban J connectivity index is 2.09. The molecule has 0 bridgehead atoms. The van der Waals surface area contributed by atoms with Gasteiger partial charge in [0.1, 0.15) is 5.75 Å². The zero-order valence-corrected chi connectivity index (χ0v) is 11.0. The van der Waals surface area contributed by atoms with Crippen LogP contribution in [0.15, 0.2) is 22.6 Å². The van der Waals surface area contributed by atoms with Gasteiger partial charge in [-0.1, -0.05) is 6.07 Å². The number of ether oxygens (including phenoxy) is 2. The molecule has 1 aromatic carbocycles. The fraction of sp³-hybridized carbons (Fsp3) is 0.500. The quantitative estimate of drug-likeness (QED) is 0.914. The number of rotatable bonds is 3. The molecule has 0 amide bonds. The minimum absolute atomic E-state index is 0.206. The predicted octanol–water partition coefficient (Wildman–Crippen LogP) is 1.84. The molecule has 1 saturated heterocycles. The number of fused-ring (bicyclic) bond motifs is 1. The zero-order chi connectivity index (χ0) is 13.3. The van der Waals surface area contributed by atoms with Crippen molar-refractivity contribution in [3.63, 3.8) is 0 Å². The van der Waals surface area contributed by atoms with Gasteiger partial charge in [0.2, 0.25) is 5.89 Å². The lowest BCUT2D eigenvalue weighted by Gasteiger charge is -2.32. The van der Waals surface area contributed by atoms with E-state index in [2.05, 4.69) is 4.98 Å². The van der Waals surface area contributed by atoms with Crippen molar-refractivity contribution in [2.45, 2.75) is 18.3 Å². The SMILES string of the molecule is COc1cccc2oc(C3(CN)CCOCC3)nc12. The fourth-order valence-corrected chi connectivity index (χ4v) is 2.58.